The van der Waals surface area contributed by atoms with E-state index >= 15 is 0 Å². The number of carboxylic acids is 1. The zero-order valence-corrected chi connectivity index (χ0v) is 15.0. The van der Waals surface area contributed by atoms with Crippen molar-refractivity contribution in [3.05, 3.63) is 54.4 Å². The Hall–Kier alpha value is -2.89. The molecule has 1 aromatic heterocycles. The van der Waals surface area contributed by atoms with Gasteiger partial charge < -0.3 is 10.2 Å². The van der Waals surface area contributed by atoms with E-state index in [0.717, 1.165) is 21.6 Å². The number of benzene rings is 1. The van der Waals surface area contributed by atoms with Gasteiger partial charge in [0.15, 0.2) is 0 Å². The van der Waals surface area contributed by atoms with Gasteiger partial charge in [-0.3, -0.25) is 9.88 Å². The zero-order chi connectivity index (χ0) is 19.1. The normalized spacial score (nSPS) is 12.0. The molecule has 2 aromatic rings. The molecule has 1 amide bonds. The lowest BCUT2D eigenvalue weighted by Gasteiger charge is -2.27. The van der Waals surface area contributed by atoms with Gasteiger partial charge in [-0.05, 0) is 41.5 Å². The van der Waals surface area contributed by atoms with Gasteiger partial charge in [0.2, 0.25) is 0 Å². The molecule has 6 heteroatoms. The number of nitrogens with zero attached hydrogens (tertiary/aromatic N) is 2. The van der Waals surface area contributed by atoms with Crippen LogP contribution in [0.3, 0.4) is 0 Å². The van der Waals surface area contributed by atoms with Crippen molar-refractivity contribution in [1.29, 1.82) is 0 Å². The highest BCUT2D eigenvalue weighted by atomic mass is 16.4. The second kappa shape index (κ2) is 8.99. The van der Waals surface area contributed by atoms with Crippen LogP contribution in [-0.4, -0.2) is 44.7 Å². The van der Waals surface area contributed by atoms with Crippen LogP contribution >= 0.6 is 0 Å². The van der Waals surface area contributed by atoms with Gasteiger partial charge in [-0.15, -0.1) is 0 Å². The number of amides is 1. The number of pyridine rings is 1. The van der Waals surface area contributed by atoms with Gasteiger partial charge in [0.25, 0.3) is 0 Å². The summed E-state index contributed by atoms with van der Waals surface area (Å²) in [6.45, 7) is 3.91. The lowest BCUT2D eigenvalue weighted by Crippen LogP contribution is -2.46. The predicted octanol–water partition coefficient (Wildman–Crippen LogP) is 3.77. The molecule has 1 atom stereocenters. The number of hydrogen-bond acceptors (Lipinski definition) is 3. The Bertz CT molecular complexity index is 729. The summed E-state index contributed by atoms with van der Waals surface area (Å²) in [7, 11) is 0. The largest absolute Gasteiger partial charge is 0.480 e. The van der Waals surface area contributed by atoms with E-state index < -0.39 is 18.1 Å². The van der Waals surface area contributed by atoms with E-state index in [-0.39, 0.29) is 12.5 Å². The summed E-state index contributed by atoms with van der Waals surface area (Å²) in [5.74, 6) is -1.01. The first-order valence-electron chi connectivity index (χ1n) is 8.60. The molecule has 0 fully saturated rings. The van der Waals surface area contributed by atoms with Crippen molar-refractivity contribution in [2.45, 2.75) is 32.7 Å². The van der Waals surface area contributed by atoms with Crippen LogP contribution in [-0.2, 0) is 11.2 Å². The molecule has 0 aliphatic carbocycles. The predicted molar refractivity (Wildman–Crippen MR) is 99.0 cm³/mol. The molecular weight excluding hydrogens is 332 g/mol. The first-order valence-corrected chi connectivity index (χ1v) is 8.60. The minimum atomic E-state index is -1.20. The number of carbonyl (C=O) groups is 2. The first-order chi connectivity index (χ1) is 12.4. The van der Waals surface area contributed by atoms with Gasteiger partial charge in [0.1, 0.15) is 6.04 Å². The molecule has 0 saturated carbocycles. The van der Waals surface area contributed by atoms with Crippen molar-refractivity contribution < 1.29 is 19.8 Å². The molecule has 2 N–H and O–H groups in total. The minimum absolute atomic E-state index is 0.0942. The SMILES string of the molecule is CC(C)C[C@@H](C(=O)O)N(CCc1ccc(-c2cccnc2)cc1)C(=O)O. The van der Waals surface area contributed by atoms with Crippen molar-refractivity contribution in [1.82, 2.24) is 9.88 Å². The Balaban J connectivity index is 2.06. The number of aromatic nitrogens is 1. The highest BCUT2D eigenvalue weighted by molar-refractivity contribution is 5.79. The number of hydrogen-bond donors (Lipinski definition) is 2. The molecule has 1 heterocycles. The quantitative estimate of drug-likeness (QED) is 0.751. The Kier molecular flexibility index (Phi) is 6.72. The molecule has 0 saturated heterocycles. The highest BCUT2D eigenvalue weighted by Crippen LogP contribution is 2.19. The fourth-order valence-electron chi connectivity index (χ4n) is 2.84. The van der Waals surface area contributed by atoms with Gasteiger partial charge in [0, 0.05) is 18.9 Å². The Morgan fingerprint density at radius 2 is 1.77 bits per heavy atom. The van der Waals surface area contributed by atoms with E-state index in [1.54, 1.807) is 12.4 Å². The van der Waals surface area contributed by atoms with E-state index in [2.05, 4.69) is 4.98 Å². The van der Waals surface area contributed by atoms with Crippen LogP contribution in [0.4, 0.5) is 4.79 Å². The van der Waals surface area contributed by atoms with Crippen LogP contribution in [0, 0.1) is 5.92 Å². The summed E-state index contributed by atoms with van der Waals surface area (Å²) in [4.78, 5) is 28.1. The fourth-order valence-corrected chi connectivity index (χ4v) is 2.84. The summed E-state index contributed by atoms with van der Waals surface area (Å²) in [5.41, 5.74) is 2.99. The monoisotopic (exact) mass is 356 g/mol. The molecule has 1 aromatic carbocycles. The van der Waals surface area contributed by atoms with Crippen LogP contribution < -0.4 is 0 Å². The highest BCUT2D eigenvalue weighted by Gasteiger charge is 2.29. The van der Waals surface area contributed by atoms with Gasteiger partial charge in [-0.1, -0.05) is 44.2 Å². The maximum atomic E-state index is 11.5. The molecule has 26 heavy (non-hydrogen) atoms. The first kappa shape index (κ1) is 19.4. The maximum absolute atomic E-state index is 11.5. The molecule has 6 nitrogen and oxygen atoms in total. The van der Waals surface area contributed by atoms with Crippen LogP contribution in [0.1, 0.15) is 25.8 Å². The van der Waals surface area contributed by atoms with Gasteiger partial charge in [0.05, 0.1) is 0 Å². The van der Waals surface area contributed by atoms with E-state index in [1.165, 1.54) is 0 Å². The van der Waals surface area contributed by atoms with Crippen LogP contribution in [0.5, 0.6) is 0 Å². The van der Waals surface area contributed by atoms with Crippen LogP contribution in [0.25, 0.3) is 11.1 Å². The molecular formula is C20H24N2O4. The van der Waals surface area contributed by atoms with Gasteiger partial charge in [-0.2, -0.15) is 0 Å². The summed E-state index contributed by atoms with van der Waals surface area (Å²) in [5, 5.41) is 18.8. The van der Waals surface area contributed by atoms with Gasteiger partial charge in [-0.25, -0.2) is 9.59 Å². The molecule has 0 aliphatic heterocycles. The van der Waals surface area contributed by atoms with E-state index in [1.807, 2.05) is 50.2 Å². The number of rotatable bonds is 8. The van der Waals surface area contributed by atoms with Crippen molar-refractivity contribution in [3.63, 3.8) is 0 Å². The summed E-state index contributed by atoms with van der Waals surface area (Å²) < 4.78 is 0. The second-order valence-corrected chi connectivity index (χ2v) is 6.65. The summed E-state index contributed by atoms with van der Waals surface area (Å²) in [6, 6.07) is 10.6. The lowest BCUT2D eigenvalue weighted by molar-refractivity contribution is -0.143. The standard InChI is InChI=1S/C20H24N2O4/c1-14(2)12-18(19(23)24)22(20(25)26)11-9-15-5-7-16(8-6-15)17-4-3-10-21-13-17/h3-8,10,13-14,18H,9,11-12H2,1-2H3,(H,23,24)(H,25,26)/t18-/m0/s1. The van der Waals surface area contributed by atoms with Crippen molar-refractivity contribution in [2.75, 3.05) is 6.54 Å². The molecule has 138 valence electrons. The lowest BCUT2D eigenvalue weighted by atomic mass is 10.0. The molecule has 0 bridgehead atoms. The van der Waals surface area contributed by atoms with E-state index in [0.29, 0.717) is 12.8 Å². The average Bonchev–Trinajstić information content (AvgIpc) is 2.61. The van der Waals surface area contributed by atoms with Crippen molar-refractivity contribution >= 4 is 12.1 Å². The Morgan fingerprint density at radius 3 is 2.27 bits per heavy atom. The Labute approximate surface area is 153 Å². The van der Waals surface area contributed by atoms with Crippen LogP contribution in [0.2, 0.25) is 0 Å². The third kappa shape index (κ3) is 5.31. The smallest absolute Gasteiger partial charge is 0.408 e. The van der Waals surface area contributed by atoms with Crippen LogP contribution in [0.15, 0.2) is 48.8 Å². The minimum Gasteiger partial charge on any atom is -0.480 e. The molecule has 0 spiro atoms. The van der Waals surface area contributed by atoms with Crippen molar-refractivity contribution in [3.8, 4) is 11.1 Å². The second-order valence-electron chi connectivity index (χ2n) is 6.65. The third-order valence-corrected chi connectivity index (χ3v) is 4.19. The molecule has 2 rings (SSSR count). The fraction of sp³-hybridized carbons (Fsp3) is 0.350. The van der Waals surface area contributed by atoms with Crippen molar-refractivity contribution in [2.24, 2.45) is 5.92 Å². The third-order valence-electron chi connectivity index (χ3n) is 4.19. The Morgan fingerprint density at radius 1 is 1.08 bits per heavy atom. The number of carboxylic acid groups (broad SMARTS) is 2. The summed E-state index contributed by atoms with van der Waals surface area (Å²) >= 11 is 0. The average molecular weight is 356 g/mol. The molecule has 0 aliphatic rings. The van der Waals surface area contributed by atoms with Gasteiger partial charge >= 0.3 is 12.1 Å². The summed E-state index contributed by atoms with van der Waals surface area (Å²) in [6.07, 6.45) is 3.05. The van der Waals surface area contributed by atoms with E-state index in [9.17, 15) is 19.8 Å². The zero-order valence-electron chi connectivity index (χ0n) is 15.0. The topological polar surface area (TPSA) is 90.7 Å². The number of aliphatic carboxylic acids is 1. The molecule has 0 radical (unpaired) electrons. The van der Waals surface area contributed by atoms with E-state index in [4.69, 9.17) is 0 Å². The maximum Gasteiger partial charge on any atom is 0.408 e. The molecule has 0 unspecified atom stereocenters.